The molecule has 3 rings (SSSR count). The number of benzene rings is 2. The van der Waals surface area contributed by atoms with E-state index in [4.69, 9.17) is 0 Å². The maximum atomic E-state index is 14.7. The molecule has 0 saturated heterocycles. The van der Waals surface area contributed by atoms with Crippen LogP contribution in [0.25, 0.3) is 0 Å². The maximum Gasteiger partial charge on any atom is 0.351 e. The Kier molecular flexibility index (Phi) is 3.07. The zero-order chi connectivity index (χ0) is 16.0. The van der Waals surface area contributed by atoms with Crippen LogP contribution in [-0.2, 0) is 10.4 Å². The van der Waals surface area contributed by atoms with Gasteiger partial charge in [-0.05, 0) is 6.07 Å². The molecule has 1 atom stereocenters. The Morgan fingerprint density at radius 3 is 2.32 bits per heavy atom. The van der Waals surface area contributed by atoms with Crippen LogP contribution in [0.5, 0.6) is 0 Å². The van der Waals surface area contributed by atoms with Gasteiger partial charge in [-0.25, -0.2) is 0 Å². The van der Waals surface area contributed by atoms with Crippen molar-refractivity contribution in [3.8, 4) is 0 Å². The first-order valence-corrected chi connectivity index (χ1v) is 6.50. The second kappa shape index (κ2) is 4.71. The molecule has 0 aliphatic carbocycles. The van der Waals surface area contributed by atoms with Gasteiger partial charge in [0.05, 0.1) is 0 Å². The number of hydrogen-bond donors (Lipinski definition) is 2. The number of hydrogen-bond acceptors (Lipinski definition) is 3. The molecule has 2 aromatic carbocycles. The number of carbonyl (C=O) groups is 2. The molecular weight excluding hydrogens is 292 g/mol. The van der Waals surface area contributed by atoms with Gasteiger partial charge >= 0.3 is 5.92 Å². The smallest absolute Gasteiger partial charge is 0.351 e. The molecule has 0 radical (unpaired) electrons. The van der Waals surface area contributed by atoms with Gasteiger partial charge in [0.15, 0.2) is 0 Å². The molecule has 1 aliphatic heterocycles. The molecule has 0 aromatic heterocycles. The third-order valence-electron chi connectivity index (χ3n) is 3.67. The molecule has 1 unspecified atom stereocenters. The quantitative estimate of drug-likeness (QED) is 0.855. The van der Waals surface area contributed by atoms with E-state index in [2.05, 4.69) is 5.32 Å². The van der Waals surface area contributed by atoms with Crippen LogP contribution in [0.2, 0.25) is 0 Å². The van der Waals surface area contributed by atoms with E-state index >= 15 is 0 Å². The number of carbonyl (C=O) groups excluding carboxylic acids is 2. The summed E-state index contributed by atoms with van der Waals surface area (Å²) >= 11 is 0. The Morgan fingerprint density at radius 1 is 1.05 bits per heavy atom. The fourth-order valence-electron chi connectivity index (χ4n) is 2.49. The van der Waals surface area contributed by atoms with Crippen molar-refractivity contribution in [2.45, 2.75) is 11.5 Å². The van der Waals surface area contributed by atoms with Crippen LogP contribution in [0.15, 0.2) is 54.6 Å². The topological polar surface area (TPSA) is 66.4 Å². The van der Waals surface area contributed by atoms with E-state index in [0.717, 1.165) is 0 Å². The number of rotatable bonds is 3. The third-order valence-corrected chi connectivity index (χ3v) is 3.67. The number of fused-ring (bicyclic) bond motifs is 1. The molecule has 2 N–H and O–H groups in total. The number of para-hydroxylation sites is 1. The van der Waals surface area contributed by atoms with Crippen LogP contribution < -0.4 is 5.32 Å². The number of aliphatic hydroxyl groups is 1. The van der Waals surface area contributed by atoms with Crippen LogP contribution in [0.1, 0.15) is 15.9 Å². The summed E-state index contributed by atoms with van der Waals surface area (Å²) in [5.74, 6) is -7.23. The van der Waals surface area contributed by atoms with Gasteiger partial charge in [0.25, 0.3) is 5.91 Å². The van der Waals surface area contributed by atoms with Gasteiger partial charge in [-0.2, -0.15) is 8.78 Å². The molecule has 22 heavy (non-hydrogen) atoms. The van der Waals surface area contributed by atoms with Crippen molar-refractivity contribution in [1.82, 2.24) is 0 Å². The van der Waals surface area contributed by atoms with Crippen LogP contribution in [0, 0.1) is 0 Å². The Labute approximate surface area is 124 Å². The van der Waals surface area contributed by atoms with Gasteiger partial charge in [0.1, 0.15) is 0 Å². The molecule has 4 nitrogen and oxygen atoms in total. The number of nitrogens with one attached hydrogen (secondary N) is 1. The van der Waals surface area contributed by atoms with Crippen LogP contribution in [0.4, 0.5) is 14.5 Å². The molecule has 1 aliphatic rings. The maximum absolute atomic E-state index is 14.7. The van der Waals surface area contributed by atoms with E-state index in [1.54, 1.807) is 6.07 Å². The van der Waals surface area contributed by atoms with Gasteiger partial charge in [-0.15, -0.1) is 0 Å². The molecular formula is C16H11F2NO3. The van der Waals surface area contributed by atoms with E-state index in [1.165, 1.54) is 48.5 Å². The van der Waals surface area contributed by atoms with Gasteiger partial charge < -0.3 is 10.4 Å². The number of ketones is 1. The van der Waals surface area contributed by atoms with E-state index < -0.39 is 23.2 Å². The first-order chi connectivity index (χ1) is 10.4. The van der Waals surface area contributed by atoms with Crippen molar-refractivity contribution in [3.05, 3.63) is 65.7 Å². The molecule has 0 bridgehead atoms. The van der Waals surface area contributed by atoms with Crippen LogP contribution >= 0.6 is 0 Å². The normalized spacial score (nSPS) is 20.4. The summed E-state index contributed by atoms with van der Waals surface area (Å²) in [4.78, 5) is 24.1. The lowest BCUT2D eigenvalue weighted by Crippen LogP contribution is -2.55. The van der Waals surface area contributed by atoms with E-state index in [9.17, 15) is 23.5 Å². The SMILES string of the molecule is O=C(c1ccccc1)C(F)(F)C1(O)C(=O)Nc2ccccc21. The number of alkyl halides is 2. The lowest BCUT2D eigenvalue weighted by molar-refractivity contribution is -0.171. The van der Waals surface area contributed by atoms with Crippen molar-refractivity contribution < 1.29 is 23.5 Å². The summed E-state index contributed by atoms with van der Waals surface area (Å²) in [6.07, 6.45) is 0. The fraction of sp³-hybridized carbons (Fsp3) is 0.125. The molecule has 112 valence electrons. The average Bonchev–Trinajstić information content (AvgIpc) is 2.80. The molecule has 1 heterocycles. The minimum atomic E-state index is -4.30. The predicted molar refractivity (Wildman–Crippen MR) is 74.7 cm³/mol. The molecule has 6 heteroatoms. The van der Waals surface area contributed by atoms with Crippen molar-refractivity contribution in [2.24, 2.45) is 0 Å². The average molecular weight is 303 g/mol. The monoisotopic (exact) mass is 303 g/mol. The highest BCUT2D eigenvalue weighted by Gasteiger charge is 2.67. The minimum Gasteiger partial charge on any atom is -0.370 e. The Morgan fingerprint density at radius 2 is 1.64 bits per heavy atom. The van der Waals surface area contributed by atoms with Crippen molar-refractivity contribution in [3.63, 3.8) is 0 Å². The van der Waals surface area contributed by atoms with E-state index in [0.29, 0.717) is 0 Å². The highest BCUT2D eigenvalue weighted by atomic mass is 19.3. The van der Waals surface area contributed by atoms with Gasteiger partial charge in [0.2, 0.25) is 11.4 Å². The highest BCUT2D eigenvalue weighted by molar-refractivity contribution is 6.12. The first kappa shape index (κ1) is 14.3. The van der Waals surface area contributed by atoms with Crippen molar-refractivity contribution in [1.29, 1.82) is 0 Å². The van der Waals surface area contributed by atoms with Gasteiger partial charge in [0, 0.05) is 16.8 Å². The van der Waals surface area contributed by atoms with Crippen LogP contribution in [-0.4, -0.2) is 22.7 Å². The Hall–Kier alpha value is -2.60. The van der Waals surface area contributed by atoms with E-state index in [-0.39, 0.29) is 16.8 Å². The number of anilines is 1. The van der Waals surface area contributed by atoms with Gasteiger partial charge in [-0.3, -0.25) is 9.59 Å². The van der Waals surface area contributed by atoms with Crippen molar-refractivity contribution >= 4 is 17.4 Å². The second-order valence-electron chi connectivity index (χ2n) is 4.98. The molecule has 0 spiro atoms. The first-order valence-electron chi connectivity index (χ1n) is 6.50. The standard InChI is InChI=1S/C16H11F2NO3/c17-16(18,13(20)10-6-2-1-3-7-10)15(22)11-8-4-5-9-12(11)19-14(15)21/h1-9,22H,(H,19,21). The molecule has 1 amide bonds. The zero-order valence-corrected chi connectivity index (χ0v) is 11.2. The predicted octanol–water partition coefficient (Wildman–Crippen LogP) is 2.34. The minimum absolute atomic E-state index is 0.0653. The summed E-state index contributed by atoms with van der Waals surface area (Å²) in [6.45, 7) is 0. The number of amides is 1. The second-order valence-corrected chi connectivity index (χ2v) is 4.98. The lowest BCUT2D eigenvalue weighted by atomic mass is 9.84. The summed E-state index contributed by atoms with van der Waals surface area (Å²) in [5.41, 5.74) is -3.75. The molecule has 2 aromatic rings. The summed E-state index contributed by atoms with van der Waals surface area (Å²) in [5, 5.41) is 12.6. The summed E-state index contributed by atoms with van der Waals surface area (Å²) in [6, 6.07) is 12.4. The zero-order valence-electron chi connectivity index (χ0n) is 11.2. The van der Waals surface area contributed by atoms with E-state index in [1.807, 2.05) is 0 Å². The molecule has 0 fully saturated rings. The highest BCUT2D eigenvalue weighted by Crippen LogP contribution is 2.47. The Balaban J connectivity index is 2.12. The largest absolute Gasteiger partial charge is 0.370 e. The van der Waals surface area contributed by atoms with Crippen molar-refractivity contribution in [2.75, 3.05) is 5.32 Å². The van der Waals surface area contributed by atoms with Crippen LogP contribution in [0.3, 0.4) is 0 Å². The fourth-order valence-corrected chi connectivity index (χ4v) is 2.49. The third kappa shape index (κ3) is 1.77. The summed E-state index contributed by atoms with van der Waals surface area (Å²) in [7, 11) is 0. The van der Waals surface area contributed by atoms with Gasteiger partial charge in [-0.1, -0.05) is 48.5 Å². The lowest BCUT2D eigenvalue weighted by Gasteiger charge is -2.29. The number of halogens is 2. The molecule has 0 saturated carbocycles. The summed E-state index contributed by atoms with van der Waals surface area (Å²) < 4.78 is 29.3. The number of Topliss-reactive ketones (excluding diaryl/α,β-unsaturated/α-hetero) is 1. The Bertz CT molecular complexity index is 761.